The van der Waals surface area contributed by atoms with Gasteiger partial charge in [-0.05, 0) is 19.0 Å². The average Bonchev–Trinajstić information content (AvgIpc) is 2.48. The molecule has 0 fully saturated rings. The van der Waals surface area contributed by atoms with Crippen molar-refractivity contribution in [1.82, 2.24) is 0 Å². The third-order valence-corrected chi connectivity index (χ3v) is 1.45. The Labute approximate surface area is 69.3 Å². The highest BCUT2D eigenvalue weighted by Crippen LogP contribution is 2.16. The molecular formula is C7H10N2O3. The number of nitrogens with zero attached hydrogens (tertiary/aromatic N) is 1. The maximum atomic E-state index is 10.2. The van der Waals surface area contributed by atoms with E-state index in [1.54, 1.807) is 6.07 Å². The summed E-state index contributed by atoms with van der Waals surface area (Å²) >= 11 is 0. The van der Waals surface area contributed by atoms with Crippen LogP contribution in [0.4, 0.5) is 5.88 Å². The fourth-order valence-electron chi connectivity index (χ4n) is 0.875. The molecule has 0 aliphatic heterocycles. The molecule has 0 saturated heterocycles. The van der Waals surface area contributed by atoms with E-state index in [1.807, 2.05) is 0 Å². The van der Waals surface area contributed by atoms with Crippen LogP contribution >= 0.6 is 0 Å². The summed E-state index contributed by atoms with van der Waals surface area (Å²) in [4.78, 5) is 9.63. The Morgan fingerprint density at radius 2 is 2.33 bits per heavy atom. The molecule has 1 aromatic heterocycles. The van der Waals surface area contributed by atoms with Crippen LogP contribution in [0.15, 0.2) is 16.5 Å². The van der Waals surface area contributed by atoms with Gasteiger partial charge in [-0.1, -0.05) is 0 Å². The Balaban J connectivity index is 2.58. The Morgan fingerprint density at radius 3 is 2.83 bits per heavy atom. The Morgan fingerprint density at radius 1 is 1.58 bits per heavy atom. The predicted molar refractivity (Wildman–Crippen MR) is 42.7 cm³/mol. The minimum atomic E-state index is -0.550. The zero-order valence-corrected chi connectivity index (χ0v) is 6.53. The molecule has 66 valence electrons. The lowest BCUT2D eigenvalue weighted by Gasteiger charge is -1.90. The van der Waals surface area contributed by atoms with Gasteiger partial charge in [0, 0.05) is 6.42 Å². The Kier molecular flexibility index (Phi) is 2.82. The molecule has 0 saturated carbocycles. The average molecular weight is 170 g/mol. The van der Waals surface area contributed by atoms with Gasteiger partial charge < -0.3 is 10.2 Å². The molecule has 0 aliphatic carbocycles. The van der Waals surface area contributed by atoms with Crippen molar-refractivity contribution >= 4 is 5.88 Å². The number of hydrogen-bond acceptors (Lipinski definition) is 4. The molecule has 0 atom stereocenters. The summed E-state index contributed by atoms with van der Waals surface area (Å²) in [5, 5.41) is 10.2. The van der Waals surface area contributed by atoms with Crippen LogP contribution in [-0.4, -0.2) is 11.5 Å². The molecule has 5 heteroatoms. The summed E-state index contributed by atoms with van der Waals surface area (Å²) in [6, 6.07) is 2.96. The SMILES string of the molecule is NCCCc1ccc([N+](=O)[O-])o1. The second-order valence-electron chi connectivity index (χ2n) is 2.39. The standard InChI is InChI=1S/C7H10N2O3/c8-5-1-2-6-3-4-7(12-6)9(10)11/h3-4H,1-2,5,8H2. The summed E-state index contributed by atoms with van der Waals surface area (Å²) in [5.41, 5.74) is 5.27. The lowest BCUT2D eigenvalue weighted by Crippen LogP contribution is -1.99. The first-order valence-corrected chi connectivity index (χ1v) is 3.67. The summed E-state index contributed by atoms with van der Waals surface area (Å²) in [6.45, 7) is 0.564. The van der Waals surface area contributed by atoms with E-state index in [2.05, 4.69) is 0 Å². The number of nitrogens with two attached hydrogens (primary N) is 1. The summed E-state index contributed by atoms with van der Waals surface area (Å²) in [6.07, 6.45) is 1.44. The first-order chi connectivity index (χ1) is 5.74. The van der Waals surface area contributed by atoms with Crippen molar-refractivity contribution in [2.45, 2.75) is 12.8 Å². The van der Waals surface area contributed by atoms with Gasteiger partial charge >= 0.3 is 5.88 Å². The van der Waals surface area contributed by atoms with E-state index in [9.17, 15) is 10.1 Å². The molecular weight excluding hydrogens is 160 g/mol. The Bertz CT molecular complexity index is 269. The molecule has 0 aliphatic rings. The molecule has 0 amide bonds. The van der Waals surface area contributed by atoms with Crippen LogP contribution < -0.4 is 5.73 Å². The van der Waals surface area contributed by atoms with Gasteiger partial charge in [0.15, 0.2) is 0 Å². The summed E-state index contributed by atoms with van der Waals surface area (Å²) in [7, 11) is 0. The van der Waals surface area contributed by atoms with E-state index >= 15 is 0 Å². The fraction of sp³-hybridized carbons (Fsp3) is 0.429. The van der Waals surface area contributed by atoms with E-state index in [0.29, 0.717) is 18.7 Å². The van der Waals surface area contributed by atoms with Crippen LogP contribution in [0.5, 0.6) is 0 Å². The van der Waals surface area contributed by atoms with Crippen LogP contribution in [0.1, 0.15) is 12.2 Å². The molecule has 0 spiro atoms. The van der Waals surface area contributed by atoms with Crippen molar-refractivity contribution in [3.8, 4) is 0 Å². The third kappa shape index (κ3) is 2.06. The van der Waals surface area contributed by atoms with E-state index in [1.165, 1.54) is 6.07 Å². The highest BCUT2D eigenvalue weighted by Gasteiger charge is 2.10. The molecule has 1 aromatic rings. The Hall–Kier alpha value is -1.36. The van der Waals surface area contributed by atoms with Crippen molar-refractivity contribution < 1.29 is 9.34 Å². The van der Waals surface area contributed by atoms with E-state index in [0.717, 1.165) is 6.42 Å². The van der Waals surface area contributed by atoms with Crippen LogP contribution in [0.25, 0.3) is 0 Å². The third-order valence-electron chi connectivity index (χ3n) is 1.45. The second-order valence-corrected chi connectivity index (χ2v) is 2.39. The molecule has 5 nitrogen and oxygen atoms in total. The van der Waals surface area contributed by atoms with Crippen LogP contribution in [0.2, 0.25) is 0 Å². The molecule has 2 N–H and O–H groups in total. The highest BCUT2D eigenvalue weighted by molar-refractivity contribution is 5.17. The van der Waals surface area contributed by atoms with E-state index in [4.69, 9.17) is 10.2 Å². The van der Waals surface area contributed by atoms with E-state index in [-0.39, 0.29) is 5.88 Å². The number of rotatable bonds is 4. The fourth-order valence-corrected chi connectivity index (χ4v) is 0.875. The lowest BCUT2D eigenvalue weighted by molar-refractivity contribution is -0.402. The maximum absolute atomic E-state index is 10.2. The van der Waals surface area contributed by atoms with Crippen LogP contribution in [-0.2, 0) is 6.42 Å². The van der Waals surface area contributed by atoms with Crippen molar-refractivity contribution in [3.63, 3.8) is 0 Å². The number of hydrogen-bond donors (Lipinski definition) is 1. The summed E-state index contributed by atoms with van der Waals surface area (Å²) < 4.78 is 4.89. The highest BCUT2D eigenvalue weighted by atomic mass is 16.6. The number of aryl methyl sites for hydroxylation is 1. The van der Waals surface area contributed by atoms with Crippen molar-refractivity contribution in [3.05, 3.63) is 28.0 Å². The normalized spacial score (nSPS) is 10.1. The van der Waals surface area contributed by atoms with Gasteiger partial charge in [0.05, 0.1) is 6.07 Å². The van der Waals surface area contributed by atoms with Gasteiger partial charge in [0.2, 0.25) is 0 Å². The number of nitro groups is 1. The molecule has 0 bridgehead atoms. The molecule has 1 rings (SSSR count). The van der Waals surface area contributed by atoms with Gasteiger partial charge in [0.25, 0.3) is 0 Å². The van der Waals surface area contributed by atoms with Crippen LogP contribution in [0.3, 0.4) is 0 Å². The van der Waals surface area contributed by atoms with Gasteiger partial charge in [-0.25, -0.2) is 0 Å². The smallest absolute Gasteiger partial charge is 0.406 e. The topological polar surface area (TPSA) is 82.3 Å². The van der Waals surface area contributed by atoms with Gasteiger partial charge in [-0.3, -0.25) is 10.1 Å². The molecule has 0 aromatic carbocycles. The van der Waals surface area contributed by atoms with Crippen molar-refractivity contribution in [2.75, 3.05) is 6.54 Å². The molecule has 12 heavy (non-hydrogen) atoms. The quantitative estimate of drug-likeness (QED) is 0.541. The predicted octanol–water partition coefficient (Wildman–Crippen LogP) is 1.08. The first kappa shape index (κ1) is 8.73. The maximum Gasteiger partial charge on any atom is 0.433 e. The minimum absolute atomic E-state index is 0.206. The molecule has 1 heterocycles. The largest absolute Gasteiger partial charge is 0.433 e. The van der Waals surface area contributed by atoms with Gasteiger partial charge in [0.1, 0.15) is 10.7 Å². The van der Waals surface area contributed by atoms with Gasteiger partial charge in [-0.2, -0.15) is 0 Å². The van der Waals surface area contributed by atoms with Crippen molar-refractivity contribution in [2.24, 2.45) is 5.73 Å². The molecule has 0 radical (unpaired) electrons. The minimum Gasteiger partial charge on any atom is -0.406 e. The zero-order chi connectivity index (χ0) is 8.97. The lowest BCUT2D eigenvalue weighted by atomic mass is 10.2. The van der Waals surface area contributed by atoms with Crippen LogP contribution in [0, 0.1) is 10.1 Å². The molecule has 0 unspecified atom stereocenters. The zero-order valence-electron chi connectivity index (χ0n) is 6.53. The van der Waals surface area contributed by atoms with Crippen molar-refractivity contribution in [1.29, 1.82) is 0 Å². The number of furan rings is 1. The van der Waals surface area contributed by atoms with Gasteiger partial charge in [-0.15, -0.1) is 0 Å². The first-order valence-electron chi connectivity index (χ1n) is 3.67. The summed E-state index contributed by atoms with van der Waals surface area (Å²) in [5.74, 6) is 0.411. The van der Waals surface area contributed by atoms with E-state index < -0.39 is 4.92 Å². The second kappa shape index (κ2) is 3.87. The monoisotopic (exact) mass is 170 g/mol.